The minimum absolute atomic E-state index is 0.00643. The lowest BCUT2D eigenvalue weighted by Crippen LogP contribution is -2.14. The highest BCUT2D eigenvalue weighted by atomic mass is 32.2. The summed E-state index contributed by atoms with van der Waals surface area (Å²) in [5.41, 5.74) is 6.87. The smallest absolute Gasteiger partial charge is 0.261 e. The molecule has 0 spiro atoms. The highest BCUT2D eigenvalue weighted by Gasteiger charge is 2.15. The van der Waals surface area contributed by atoms with Gasteiger partial charge in [0.1, 0.15) is 5.75 Å². The second-order valence-corrected chi connectivity index (χ2v) is 6.45. The van der Waals surface area contributed by atoms with E-state index >= 15 is 0 Å². The number of sulfonamides is 1. The van der Waals surface area contributed by atoms with E-state index in [1.54, 1.807) is 18.2 Å². The number of anilines is 3. The Bertz CT molecular complexity index is 758. The topological polar surface area (TPSA) is 95.7 Å². The molecule has 112 valence electrons. The first-order valence-electron chi connectivity index (χ1n) is 6.18. The molecule has 0 saturated carbocycles. The van der Waals surface area contributed by atoms with Crippen molar-refractivity contribution in [3.63, 3.8) is 0 Å². The molecule has 0 aromatic heterocycles. The predicted molar refractivity (Wildman–Crippen MR) is 84.1 cm³/mol. The van der Waals surface area contributed by atoms with Gasteiger partial charge in [-0.15, -0.1) is 0 Å². The lowest BCUT2D eigenvalue weighted by Gasteiger charge is -2.14. The minimum Gasteiger partial charge on any atom is -0.506 e. The van der Waals surface area contributed by atoms with Crippen molar-refractivity contribution in [2.75, 3.05) is 29.5 Å². The molecule has 0 aliphatic carbocycles. The second-order valence-electron chi connectivity index (χ2n) is 4.77. The summed E-state index contributed by atoms with van der Waals surface area (Å²) in [5.74, 6) is -0.149. The Labute approximate surface area is 123 Å². The molecule has 0 fully saturated rings. The van der Waals surface area contributed by atoms with E-state index in [4.69, 9.17) is 5.73 Å². The molecule has 0 atom stereocenters. The number of phenolic OH excluding ortho intramolecular Hbond substituents is 1. The summed E-state index contributed by atoms with van der Waals surface area (Å²) >= 11 is 0. The van der Waals surface area contributed by atoms with Crippen LogP contribution in [0.3, 0.4) is 0 Å². The van der Waals surface area contributed by atoms with E-state index in [1.165, 1.54) is 18.2 Å². The van der Waals surface area contributed by atoms with E-state index in [0.29, 0.717) is 5.69 Å². The maximum Gasteiger partial charge on any atom is 0.261 e. The van der Waals surface area contributed by atoms with Crippen molar-refractivity contribution >= 4 is 27.1 Å². The molecule has 2 aromatic rings. The van der Waals surface area contributed by atoms with Crippen molar-refractivity contribution in [2.45, 2.75) is 4.90 Å². The zero-order chi connectivity index (χ0) is 15.6. The van der Waals surface area contributed by atoms with Gasteiger partial charge < -0.3 is 15.7 Å². The van der Waals surface area contributed by atoms with Crippen LogP contribution in [0.25, 0.3) is 0 Å². The first-order valence-corrected chi connectivity index (χ1v) is 7.66. The average molecular weight is 307 g/mol. The number of nitrogens with two attached hydrogens (primary N) is 1. The monoisotopic (exact) mass is 307 g/mol. The number of hydrogen-bond acceptors (Lipinski definition) is 5. The third-order valence-corrected chi connectivity index (χ3v) is 4.30. The first kappa shape index (κ1) is 15.0. The Kier molecular flexibility index (Phi) is 3.95. The zero-order valence-electron chi connectivity index (χ0n) is 11.7. The maximum atomic E-state index is 12.3. The van der Waals surface area contributed by atoms with Crippen LogP contribution in [0.1, 0.15) is 0 Å². The number of aromatic hydroxyl groups is 1. The number of nitrogens with zero attached hydrogens (tertiary/aromatic N) is 1. The molecule has 0 amide bonds. The number of benzene rings is 2. The van der Waals surface area contributed by atoms with Gasteiger partial charge in [-0.2, -0.15) is 0 Å². The number of phenols is 1. The molecular formula is C14H17N3O3S. The Hall–Kier alpha value is -2.41. The molecule has 0 unspecified atom stereocenters. The van der Waals surface area contributed by atoms with Gasteiger partial charge >= 0.3 is 0 Å². The summed E-state index contributed by atoms with van der Waals surface area (Å²) in [6, 6.07) is 10.8. The van der Waals surface area contributed by atoms with E-state index in [1.807, 2.05) is 25.1 Å². The largest absolute Gasteiger partial charge is 0.506 e. The van der Waals surface area contributed by atoms with Crippen LogP contribution >= 0.6 is 0 Å². The van der Waals surface area contributed by atoms with Crippen molar-refractivity contribution in [1.82, 2.24) is 0 Å². The summed E-state index contributed by atoms with van der Waals surface area (Å²) in [5, 5.41) is 9.35. The summed E-state index contributed by atoms with van der Waals surface area (Å²) in [6.45, 7) is 0. The van der Waals surface area contributed by atoms with Gasteiger partial charge in [-0.05, 0) is 36.4 Å². The molecule has 2 rings (SSSR count). The fraction of sp³-hybridized carbons (Fsp3) is 0.143. The van der Waals surface area contributed by atoms with E-state index in [2.05, 4.69) is 4.72 Å². The fourth-order valence-corrected chi connectivity index (χ4v) is 2.85. The number of nitrogen functional groups attached to an aromatic ring is 1. The van der Waals surface area contributed by atoms with E-state index in [-0.39, 0.29) is 16.3 Å². The molecule has 0 radical (unpaired) electrons. The first-order chi connectivity index (χ1) is 9.79. The van der Waals surface area contributed by atoms with Crippen LogP contribution in [0.15, 0.2) is 47.4 Å². The van der Waals surface area contributed by atoms with Crippen LogP contribution in [0.2, 0.25) is 0 Å². The van der Waals surface area contributed by atoms with Crippen molar-refractivity contribution in [1.29, 1.82) is 0 Å². The van der Waals surface area contributed by atoms with Gasteiger partial charge in [0.25, 0.3) is 10.0 Å². The van der Waals surface area contributed by atoms with E-state index in [0.717, 1.165) is 5.69 Å². The van der Waals surface area contributed by atoms with Crippen LogP contribution in [0.4, 0.5) is 17.1 Å². The quantitative estimate of drug-likeness (QED) is 0.592. The van der Waals surface area contributed by atoms with Gasteiger partial charge in [0.15, 0.2) is 0 Å². The van der Waals surface area contributed by atoms with Gasteiger partial charge in [0, 0.05) is 19.8 Å². The van der Waals surface area contributed by atoms with Crippen LogP contribution < -0.4 is 15.4 Å². The van der Waals surface area contributed by atoms with Crippen LogP contribution in [-0.2, 0) is 10.0 Å². The Morgan fingerprint density at radius 3 is 2.48 bits per heavy atom. The second kappa shape index (κ2) is 5.53. The fourth-order valence-electron chi connectivity index (χ4n) is 1.76. The Balaban J connectivity index is 2.33. The molecule has 6 nitrogen and oxygen atoms in total. The molecule has 0 heterocycles. The van der Waals surface area contributed by atoms with E-state index in [9.17, 15) is 13.5 Å². The molecule has 0 aliphatic heterocycles. The van der Waals surface area contributed by atoms with Gasteiger partial charge in [-0.1, -0.05) is 6.07 Å². The molecular weight excluding hydrogens is 290 g/mol. The van der Waals surface area contributed by atoms with Crippen molar-refractivity contribution in [3.8, 4) is 5.75 Å². The average Bonchev–Trinajstić information content (AvgIpc) is 2.41. The number of hydrogen-bond donors (Lipinski definition) is 3. The summed E-state index contributed by atoms with van der Waals surface area (Å²) in [4.78, 5) is 1.86. The third-order valence-electron chi connectivity index (χ3n) is 2.92. The van der Waals surface area contributed by atoms with Crippen LogP contribution in [-0.4, -0.2) is 27.6 Å². The van der Waals surface area contributed by atoms with Gasteiger partial charge in [-0.3, -0.25) is 4.72 Å². The van der Waals surface area contributed by atoms with Gasteiger partial charge in [-0.25, -0.2) is 8.42 Å². The standard InChI is InChI=1S/C14H17N3O3S/c1-17(2)11-5-3-4-10(8-11)16-21(19,20)12-6-7-14(18)13(15)9-12/h3-9,16,18H,15H2,1-2H3. The Morgan fingerprint density at radius 2 is 1.86 bits per heavy atom. The summed E-state index contributed by atoms with van der Waals surface area (Å²) in [7, 11) is -0.0160. The van der Waals surface area contributed by atoms with Crippen LogP contribution in [0, 0.1) is 0 Å². The lowest BCUT2D eigenvalue weighted by atomic mass is 10.3. The third kappa shape index (κ3) is 3.38. The molecule has 0 bridgehead atoms. The number of rotatable bonds is 4. The highest BCUT2D eigenvalue weighted by molar-refractivity contribution is 7.92. The van der Waals surface area contributed by atoms with Gasteiger partial charge in [0.05, 0.1) is 16.3 Å². The molecule has 2 aromatic carbocycles. The van der Waals surface area contributed by atoms with Crippen LogP contribution in [0.5, 0.6) is 5.75 Å². The number of nitrogens with one attached hydrogen (secondary N) is 1. The summed E-state index contributed by atoms with van der Waals surface area (Å²) < 4.78 is 27.1. The zero-order valence-corrected chi connectivity index (χ0v) is 12.6. The van der Waals surface area contributed by atoms with Crippen molar-refractivity contribution < 1.29 is 13.5 Å². The Morgan fingerprint density at radius 1 is 1.14 bits per heavy atom. The molecule has 4 N–H and O–H groups in total. The molecule has 21 heavy (non-hydrogen) atoms. The summed E-state index contributed by atoms with van der Waals surface area (Å²) in [6.07, 6.45) is 0. The predicted octanol–water partition coefficient (Wildman–Crippen LogP) is 1.84. The van der Waals surface area contributed by atoms with Gasteiger partial charge in [0.2, 0.25) is 0 Å². The van der Waals surface area contributed by atoms with E-state index < -0.39 is 10.0 Å². The SMILES string of the molecule is CN(C)c1cccc(NS(=O)(=O)c2ccc(O)c(N)c2)c1. The van der Waals surface area contributed by atoms with Crippen molar-refractivity contribution in [3.05, 3.63) is 42.5 Å². The molecule has 0 aliphatic rings. The lowest BCUT2D eigenvalue weighted by molar-refractivity contribution is 0.477. The molecule has 0 saturated heterocycles. The maximum absolute atomic E-state index is 12.3. The minimum atomic E-state index is -3.75. The molecule has 7 heteroatoms. The van der Waals surface area contributed by atoms with Crippen molar-refractivity contribution in [2.24, 2.45) is 0 Å². The highest BCUT2D eigenvalue weighted by Crippen LogP contribution is 2.25. The normalized spacial score (nSPS) is 11.1.